The van der Waals surface area contributed by atoms with Gasteiger partial charge in [-0.3, -0.25) is 4.79 Å². The Labute approximate surface area is 167 Å². The Hall–Kier alpha value is -3.03. The molecule has 1 fully saturated rings. The molecule has 1 saturated heterocycles. The predicted octanol–water partition coefficient (Wildman–Crippen LogP) is 3.93. The first kappa shape index (κ1) is 19.3. The molecule has 3 heterocycles. The molecule has 0 radical (unpaired) electrons. The number of nitrogens with zero attached hydrogens (tertiary/aromatic N) is 3. The zero-order valence-electron chi connectivity index (χ0n) is 16.4. The van der Waals surface area contributed by atoms with Gasteiger partial charge in [-0.1, -0.05) is 6.92 Å². The second-order valence-electron chi connectivity index (χ2n) is 7.29. The molecule has 1 aliphatic heterocycles. The number of carbonyl (C=O) groups excluding carboxylic acids is 1. The Morgan fingerprint density at radius 2 is 2.03 bits per heavy atom. The fraction of sp³-hybridized carbons (Fsp3) is 0.381. The number of hydrogen-bond acceptors (Lipinski definition) is 3. The molecule has 6 nitrogen and oxygen atoms in total. The molecule has 0 spiro atoms. The van der Waals surface area contributed by atoms with Crippen LogP contribution in [-0.4, -0.2) is 32.0 Å². The fourth-order valence-corrected chi connectivity index (χ4v) is 3.80. The molecule has 0 unspecified atom stereocenters. The molecule has 1 atom stereocenters. The second kappa shape index (κ2) is 7.77. The van der Waals surface area contributed by atoms with Crippen LogP contribution in [0.1, 0.15) is 43.7 Å². The Balaban J connectivity index is 1.92. The van der Waals surface area contributed by atoms with Gasteiger partial charge in [-0.25, -0.2) is 18.7 Å². The van der Waals surface area contributed by atoms with Gasteiger partial charge in [0.15, 0.2) is 11.6 Å². The lowest BCUT2D eigenvalue weighted by atomic mass is 10.1. The van der Waals surface area contributed by atoms with Crippen LogP contribution in [0.4, 0.5) is 8.78 Å². The summed E-state index contributed by atoms with van der Waals surface area (Å²) in [6, 6.07) is 3.27. The van der Waals surface area contributed by atoms with Crippen LogP contribution in [0.2, 0.25) is 0 Å². The summed E-state index contributed by atoms with van der Waals surface area (Å²) in [7, 11) is 0. The molecule has 1 amide bonds. The summed E-state index contributed by atoms with van der Waals surface area (Å²) in [5.41, 5.74) is 3.04. The summed E-state index contributed by atoms with van der Waals surface area (Å²) in [6.45, 7) is 4.55. The number of carbonyl (C=O) groups is 1. The van der Waals surface area contributed by atoms with Gasteiger partial charge >= 0.3 is 0 Å². The Kier molecular flexibility index (Phi) is 5.17. The average molecular weight is 399 g/mol. The number of H-pyrrole nitrogens is 1. The number of amides is 1. The number of rotatable bonds is 4. The minimum absolute atomic E-state index is 0.0677. The van der Waals surface area contributed by atoms with Crippen molar-refractivity contribution in [2.24, 2.45) is 0 Å². The summed E-state index contributed by atoms with van der Waals surface area (Å²) in [4.78, 5) is 25.1. The van der Waals surface area contributed by atoms with Crippen LogP contribution in [0.15, 0.2) is 24.5 Å². The van der Waals surface area contributed by atoms with Crippen LogP contribution in [0, 0.1) is 18.6 Å². The number of aromatic amines is 1. The van der Waals surface area contributed by atoms with Gasteiger partial charge in [0.1, 0.15) is 17.6 Å². The fourth-order valence-electron chi connectivity index (χ4n) is 3.80. The van der Waals surface area contributed by atoms with Gasteiger partial charge < -0.3 is 14.9 Å². The lowest BCUT2D eigenvalue weighted by Crippen LogP contribution is -2.31. The molecule has 1 aliphatic rings. The lowest BCUT2D eigenvalue weighted by molar-refractivity contribution is -0.124. The van der Waals surface area contributed by atoms with Crippen molar-refractivity contribution in [2.75, 3.05) is 6.54 Å². The number of hydrogen-bond donors (Lipinski definition) is 2. The Morgan fingerprint density at radius 1 is 1.21 bits per heavy atom. The molecular weight excluding hydrogens is 376 g/mol. The molecule has 2 N–H and O–H groups in total. The first-order valence-corrected chi connectivity index (χ1v) is 9.85. The Morgan fingerprint density at radius 3 is 2.76 bits per heavy atom. The molecule has 0 saturated carbocycles. The van der Waals surface area contributed by atoms with E-state index in [4.69, 9.17) is 0 Å². The highest BCUT2D eigenvalue weighted by Crippen LogP contribution is 2.36. The Bertz CT molecular complexity index is 1060. The third-order valence-electron chi connectivity index (χ3n) is 5.32. The van der Waals surface area contributed by atoms with Crippen molar-refractivity contribution < 1.29 is 13.6 Å². The van der Waals surface area contributed by atoms with E-state index in [9.17, 15) is 13.6 Å². The number of aromatic nitrogens is 4. The van der Waals surface area contributed by atoms with Crippen LogP contribution in [-0.2, 0) is 11.2 Å². The monoisotopic (exact) mass is 399 g/mol. The number of imidazole rings is 2. The van der Waals surface area contributed by atoms with Crippen LogP contribution < -0.4 is 5.32 Å². The largest absolute Gasteiger partial charge is 0.354 e. The SMILES string of the molecule is CCc1nc(-c2c(-c3ccc(F)c(F)c3)ncn2[C@@H]2CCCCNC2=O)c(C)[nH]1. The summed E-state index contributed by atoms with van der Waals surface area (Å²) < 4.78 is 29.2. The van der Waals surface area contributed by atoms with Crippen molar-refractivity contribution in [1.29, 1.82) is 0 Å². The van der Waals surface area contributed by atoms with Gasteiger partial charge in [-0.05, 0) is 44.4 Å². The quantitative estimate of drug-likeness (QED) is 0.698. The van der Waals surface area contributed by atoms with Crippen molar-refractivity contribution in [3.63, 3.8) is 0 Å². The molecule has 29 heavy (non-hydrogen) atoms. The third-order valence-corrected chi connectivity index (χ3v) is 5.32. The lowest BCUT2D eigenvalue weighted by Gasteiger charge is -2.18. The summed E-state index contributed by atoms with van der Waals surface area (Å²) in [5, 5.41) is 2.94. The second-order valence-corrected chi connectivity index (χ2v) is 7.29. The van der Waals surface area contributed by atoms with Crippen LogP contribution in [0.3, 0.4) is 0 Å². The van der Waals surface area contributed by atoms with Crippen LogP contribution in [0.5, 0.6) is 0 Å². The highest BCUT2D eigenvalue weighted by molar-refractivity contribution is 5.84. The number of halogens is 2. The van der Waals surface area contributed by atoms with Crippen molar-refractivity contribution in [2.45, 2.75) is 45.6 Å². The third kappa shape index (κ3) is 3.54. The average Bonchev–Trinajstić information content (AvgIpc) is 3.22. The van der Waals surface area contributed by atoms with Crippen LogP contribution in [0.25, 0.3) is 22.6 Å². The zero-order chi connectivity index (χ0) is 20.5. The van der Waals surface area contributed by atoms with E-state index in [0.29, 0.717) is 35.6 Å². The van der Waals surface area contributed by atoms with Gasteiger partial charge in [-0.15, -0.1) is 0 Å². The van der Waals surface area contributed by atoms with E-state index < -0.39 is 17.7 Å². The van der Waals surface area contributed by atoms with E-state index in [2.05, 4.69) is 20.3 Å². The normalized spacial score (nSPS) is 17.2. The van der Waals surface area contributed by atoms with Crippen molar-refractivity contribution in [3.8, 4) is 22.6 Å². The number of nitrogens with one attached hydrogen (secondary N) is 2. The van der Waals surface area contributed by atoms with Crippen LogP contribution >= 0.6 is 0 Å². The molecule has 1 aromatic carbocycles. The molecule has 0 bridgehead atoms. The maximum absolute atomic E-state index is 13.9. The van der Waals surface area contributed by atoms with Gasteiger partial charge in [0, 0.05) is 24.2 Å². The molecule has 0 aliphatic carbocycles. The summed E-state index contributed by atoms with van der Waals surface area (Å²) >= 11 is 0. The summed E-state index contributed by atoms with van der Waals surface area (Å²) in [5.74, 6) is -1.11. The smallest absolute Gasteiger partial charge is 0.243 e. The van der Waals surface area contributed by atoms with Gasteiger partial charge in [0.05, 0.1) is 17.7 Å². The van der Waals surface area contributed by atoms with Gasteiger partial charge in [-0.2, -0.15) is 0 Å². The van der Waals surface area contributed by atoms with E-state index in [1.807, 2.05) is 18.4 Å². The molecule has 4 rings (SSSR count). The topological polar surface area (TPSA) is 75.6 Å². The van der Waals surface area contributed by atoms with Crippen molar-refractivity contribution in [3.05, 3.63) is 47.7 Å². The van der Waals surface area contributed by atoms with Crippen molar-refractivity contribution >= 4 is 5.91 Å². The summed E-state index contributed by atoms with van der Waals surface area (Å²) in [6.07, 6.45) is 4.82. The highest BCUT2D eigenvalue weighted by atomic mass is 19.2. The highest BCUT2D eigenvalue weighted by Gasteiger charge is 2.29. The number of aryl methyl sites for hydroxylation is 2. The van der Waals surface area contributed by atoms with Gasteiger partial charge in [0.25, 0.3) is 0 Å². The van der Waals surface area contributed by atoms with E-state index >= 15 is 0 Å². The number of benzene rings is 1. The van der Waals surface area contributed by atoms with E-state index in [0.717, 1.165) is 42.9 Å². The standard InChI is InChI=1S/C21H23F2N5O/c1-3-17-26-12(2)18(27-17)20-19(13-7-8-14(22)15(23)10-13)25-11-28(20)16-6-4-5-9-24-21(16)29/h7-8,10-11,16H,3-6,9H2,1-2H3,(H,24,29)(H,26,27)/t16-/m1/s1. The first-order valence-electron chi connectivity index (χ1n) is 9.85. The zero-order valence-corrected chi connectivity index (χ0v) is 16.4. The molecule has 152 valence electrons. The van der Waals surface area contributed by atoms with E-state index in [1.165, 1.54) is 6.07 Å². The van der Waals surface area contributed by atoms with Crippen molar-refractivity contribution in [1.82, 2.24) is 24.8 Å². The molecule has 2 aromatic heterocycles. The van der Waals surface area contributed by atoms with E-state index in [-0.39, 0.29) is 5.91 Å². The minimum atomic E-state index is -0.941. The van der Waals surface area contributed by atoms with Gasteiger partial charge in [0.2, 0.25) is 5.91 Å². The first-order chi connectivity index (χ1) is 14.0. The molecular formula is C21H23F2N5O. The minimum Gasteiger partial charge on any atom is -0.354 e. The molecule has 3 aromatic rings. The molecule has 8 heteroatoms. The van der Waals surface area contributed by atoms with E-state index in [1.54, 1.807) is 6.33 Å². The maximum atomic E-state index is 13.9. The predicted molar refractivity (Wildman–Crippen MR) is 105 cm³/mol. The maximum Gasteiger partial charge on any atom is 0.243 e.